The quantitative estimate of drug-likeness (QED) is 0.248. The molecule has 2 fully saturated rings. The van der Waals surface area contributed by atoms with E-state index < -0.39 is 41.4 Å². The predicted molar refractivity (Wildman–Crippen MR) is 152 cm³/mol. The number of Topliss-reactive ketones (excluding diaryl/α,β-unsaturated/α-hetero) is 1. The number of carbonyl (C=O) groups is 4. The van der Waals surface area contributed by atoms with E-state index in [1.165, 1.54) is 7.11 Å². The van der Waals surface area contributed by atoms with Crippen molar-refractivity contribution in [2.45, 2.75) is 70.3 Å². The number of benzene rings is 1. The third-order valence-electron chi connectivity index (χ3n) is 7.43. The molecule has 4 rings (SSSR count). The molecule has 12 heteroatoms. The van der Waals surface area contributed by atoms with E-state index >= 15 is 0 Å². The summed E-state index contributed by atoms with van der Waals surface area (Å²) in [6, 6.07) is 7.86. The number of nitrogens with one attached hydrogen (secondary N) is 3. The van der Waals surface area contributed by atoms with Crippen LogP contribution in [0.1, 0.15) is 55.4 Å². The summed E-state index contributed by atoms with van der Waals surface area (Å²) in [6.45, 7) is 8.30. The van der Waals surface area contributed by atoms with Gasteiger partial charge in [-0.05, 0) is 44.3 Å². The summed E-state index contributed by atoms with van der Waals surface area (Å²) in [5, 5.41) is 12.1. The van der Waals surface area contributed by atoms with Crippen molar-refractivity contribution < 1.29 is 33.2 Å². The fourth-order valence-corrected chi connectivity index (χ4v) is 4.76. The lowest BCUT2D eigenvalue weighted by molar-refractivity contribution is -0.133. The Morgan fingerprint density at radius 3 is 2.29 bits per heavy atom. The molecule has 4 atom stereocenters. The van der Waals surface area contributed by atoms with E-state index in [2.05, 4.69) is 26.0 Å². The summed E-state index contributed by atoms with van der Waals surface area (Å²) in [5.41, 5.74) is -0.0505. The zero-order valence-corrected chi connectivity index (χ0v) is 24.7. The molecule has 2 aliphatic heterocycles. The van der Waals surface area contributed by atoms with Gasteiger partial charge in [0.05, 0.1) is 25.8 Å². The number of ketones is 1. The van der Waals surface area contributed by atoms with Gasteiger partial charge in [0.2, 0.25) is 11.8 Å². The first-order chi connectivity index (χ1) is 20.1. The van der Waals surface area contributed by atoms with Crippen LogP contribution in [0.25, 0.3) is 0 Å². The van der Waals surface area contributed by atoms with Gasteiger partial charge in [0.1, 0.15) is 17.7 Å². The van der Waals surface area contributed by atoms with Gasteiger partial charge in [0.15, 0.2) is 17.2 Å². The maximum absolute atomic E-state index is 13.6. The summed E-state index contributed by atoms with van der Waals surface area (Å²) >= 11 is 0. The average Bonchev–Trinajstić information content (AvgIpc) is 3.51. The van der Waals surface area contributed by atoms with Crippen LogP contribution in [0.2, 0.25) is 0 Å². The van der Waals surface area contributed by atoms with E-state index in [1.807, 2.05) is 44.2 Å². The second-order valence-electron chi connectivity index (χ2n) is 11.6. The number of hydrogen-bond donors (Lipinski definition) is 3. The fraction of sp³-hybridized carbons (Fsp3) is 0.567. The monoisotopic (exact) mass is 583 g/mol. The number of carbonyl (C=O) groups excluding carboxylic acids is 4. The van der Waals surface area contributed by atoms with Crippen molar-refractivity contribution in [3.05, 3.63) is 53.4 Å². The van der Waals surface area contributed by atoms with Crippen LogP contribution in [0.3, 0.4) is 0 Å². The van der Waals surface area contributed by atoms with Crippen LogP contribution in [0.5, 0.6) is 0 Å². The molecular weight excluding hydrogens is 542 g/mol. The van der Waals surface area contributed by atoms with Gasteiger partial charge in [0, 0.05) is 19.6 Å². The Labute approximate surface area is 245 Å². The third kappa shape index (κ3) is 8.46. The van der Waals surface area contributed by atoms with Crippen LogP contribution >= 0.6 is 0 Å². The number of epoxide rings is 1. The highest BCUT2D eigenvalue weighted by atomic mass is 16.6. The van der Waals surface area contributed by atoms with Crippen LogP contribution in [-0.2, 0) is 36.8 Å². The standard InChI is InChI=1S/C30H41N5O7/c1-19(2)13-22(26(36)30(3)18-41-30)31-27(37)23(14-20-9-6-5-7-10-20)32-29(39)25(17-40-4)33-28(38)24-15-21(42-34-24)16-35-11-8-12-35/h5-7,9-10,15,19,22-23,25H,8,11-14,16-18H2,1-4H3,(H,31,37)(H,32,39)(H,33,38)/t22?,23-,25?,30?/m0/s1. The summed E-state index contributed by atoms with van der Waals surface area (Å²) in [6.07, 6.45) is 1.72. The molecule has 0 aliphatic carbocycles. The maximum atomic E-state index is 13.6. The lowest BCUT2D eigenvalue weighted by atomic mass is 9.93. The predicted octanol–water partition coefficient (Wildman–Crippen LogP) is 1.24. The van der Waals surface area contributed by atoms with E-state index in [4.69, 9.17) is 14.0 Å². The largest absolute Gasteiger partial charge is 0.382 e. The number of methoxy groups -OCH3 is 1. The highest BCUT2D eigenvalue weighted by molar-refractivity contribution is 5.99. The number of rotatable bonds is 16. The highest BCUT2D eigenvalue weighted by Gasteiger charge is 2.50. The molecule has 3 N–H and O–H groups in total. The van der Waals surface area contributed by atoms with E-state index in [9.17, 15) is 19.2 Å². The molecule has 0 spiro atoms. The SMILES string of the molecule is COCC(NC(=O)c1cc(CN2CCC2)on1)C(=O)N[C@@H](Cc1ccccc1)C(=O)NC(CC(C)C)C(=O)C1(C)CO1. The number of hydrogen-bond acceptors (Lipinski definition) is 9. The molecule has 2 aliphatic rings. The summed E-state index contributed by atoms with van der Waals surface area (Å²) in [4.78, 5) is 55.3. The minimum absolute atomic E-state index is 0.0452. The molecule has 1 aromatic carbocycles. The molecule has 12 nitrogen and oxygen atoms in total. The molecule has 2 saturated heterocycles. The maximum Gasteiger partial charge on any atom is 0.274 e. The van der Waals surface area contributed by atoms with Crippen molar-refractivity contribution in [1.82, 2.24) is 26.0 Å². The van der Waals surface area contributed by atoms with Gasteiger partial charge >= 0.3 is 0 Å². The molecule has 1 aromatic heterocycles. The first kappa shape index (κ1) is 31.3. The van der Waals surface area contributed by atoms with Crippen LogP contribution in [0.15, 0.2) is 40.9 Å². The van der Waals surface area contributed by atoms with E-state index in [0.29, 0.717) is 25.3 Å². The number of ether oxygens (including phenoxy) is 2. The zero-order valence-electron chi connectivity index (χ0n) is 24.7. The van der Waals surface area contributed by atoms with Gasteiger partial charge in [0.25, 0.3) is 5.91 Å². The van der Waals surface area contributed by atoms with Crippen molar-refractivity contribution in [1.29, 1.82) is 0 Å². The van der Waals surface area contributed by atoms with Crippen LogP contribution in [-0.4, -0.2) is 90.7 Å². The average molecular weight is 584 g/mol. The third-order valence-corrected chi connectivity index (χ3v) is 7.43. The van der Waals surface area contributed by atoms with Crippen molar-refractivity contribution >= 4 is 23.5 Å². The first-order valence-electron chi connectivity index (χ1n) is 14.4. The number of nitrogens with zero attached hydrogens (tertiary/aromatic N) is 2. The van der Waals surface area contributed by atoms with Gasteiger partial charge < -0.3 is 29.9 Å². The highest BCUT2D eigenvalue weighted by Crippen LogP contribution is 2.29. The van der Waals surface area contributed by atoms with Crippen molar-refractivity contribution in [2.24, 2.45) is 5.92 Å². The van der Waals surface area contributed by atoms with Crippen LogP contribution in [0.4, 0.5) is 0 Å². The zero-order chi connectivity index (χ0) is 30.3. The van der Waals surface area contributed by atoms with Crippen molar-refractivity contribution in [3.63, 3.8) is 0 Å². The molecule has 3 unspecified atom stereocenters. The molecule has 42 heavy (non-hydrogen) atoms. The first-order valence-corrected chi connectivity index (χ1v) is 14.4. The van der Waals surface area contributed by atoms with Gasteiger partial charge in [-0.25, -0.2) is 0 Å². The Morgan fingerprint density at radius 2 is 1.69 bits per heavy atom. The fourth-order valence-electron chi connectivity index (χ4n) is 4.76. The Balaban J connectivity index is 1.46. The van der Waals surface area contributed by atoms with E-state index in [0.717, 1.165) is 25.1 Å². The molecule has 0 bridgehead atoms. The Hall–Kier alpha value is -3.61. The van der Waals surface area contributed by atoms with Crippen molar-refractivity contribution in [2.75, 3.05) is 33.4 Å². The minimum Gasteiger partial charge on any atom is -0.382 e. The Kier molecular flexibility index (Phi) is 10.5. The van der Waals surface area contributed by atoms with Gasteiger partial charge in [-0.1, -0.05) is 49.3 Å². The number of amides is 3. The second kappa shape index (κ2) is 14.0. The summed E-state index contributed by atoms with van der Waals surface area (Å²) < 4.78 is 15.8. The van der Waals surface area contributed by atoms with Crippen LogP contribution < -0.4 is 16.0 Å². The van der Waals surface area contributed by atoms with Gasteiger partial charge in [-0.3, -0.25) is 24.1 Å². The second-order valence-corrected chi connectivity index (χ2v) is 11.6. The molecule has 228 valence electrons. The number of aromatic nitrogens is 1. The molecule has 0 saturated carbocycles. The van der Waals surface area contributed by atoms with E-state index in [-0.39, 0.29) is 30.4 Å². The molecule has 3 amide bonds. The lowest BCUT2D eigenvalue weighted by Gasteiger charge is -2.29. The smallest absolute Gasteiger partial charge is 0.274 e. The topological polar surface area (TPSA) is 155 Å². The van der Waals surface area contributed by atoms with Crippen molar-refractivity contribution in [3.8, 4) is 0 Å². The molecule has 2 aromatic rings. The van der Waals surface area contributed by atoms with Crippen LogP contribution in [0, 0.1) is 5.92 Å². The summed E-state index contributed by atoms with van der Waals surface area (Å²) in [7, 11) is 1.41. The Morgan fingerprint density at radius 1 is 1.02 bits per heavy atom. The number of likely N-dealkylation sites (tertiary alicyclic amines) is 1. The lowest BCUT2D eigenvalue weighted by Crippen LogP contribution is -2.58. The summed E-state index contributed by atoms with van der Waals surface area (Å²) in [5.74, 6) is -1.23. The molecule has 0 radical (unpaired) electrons. The minimum atomic E-state index is -1.11. The Bertz CT molecular complexity index is 1240. The van der Waals surface area contributed by atoms with Gasteiger partial charge in [-0.2, -0.15) is 0 Å². The molecule has 3 heterocycles. The molecular formula is C30H41N5O7. The van der Waals surface area contributed by atoms with E-state index in [1.54, 1.807) is 13.0 Å². The van der Waals surface area contributed by atoms with Gasteiger partial charge in [-0.15, -0.1) is 0 Å². The normalized spacial score (nSPS) is 20.2.